The number of primary sulfonamides is 1. The van der Waals surface area contributed by atoms with Gasteiger partial charge in [-0.05, 0) is 47.7 Å². The highest BCUT2D eigenvalue weighted by Gasteiger charge is 2.29. The van der Waals surface area contributed by atoms with Gasteiger partial charge in [0.25, 0.3) is 5.91 Å². The van der Waals surface area contributed by atoms with E-state index in [0.29, 0.717) is 5.69 Å². The van der Waals surface area contributed by atoms with Crippen molar-refractivity contribution >= 4 is 26.8 Å². The molecule has 154 valence electrons. The average molecular weight is 414 g/mol. The van der Waals surface area contributed by atoms with E-state index in [9.17, 15) is 13.2 Å². The molecule has 0 radical (unpaired) electrons. The van der Waals surface area contributed by atoms with E-state index in [4.69, 9.17) is 5.14 Å². The molecule has 1 atom stereocenters. The van der Waals surface area contributed by atoms with Gasteiger partial charge in [0.15, 0.2) is 0 Å². The standard InChI is InChI=1S/C22H27N3O3S/c1-14-6-7-16-13-19(25(5)18(16)12-14)21(26)24-20(22(2,3)4)15-8-10-17(11-9-15)29(23,27)28/h6-13,20H,1-5H3,(H,24,26)(H2,23,27,28). The van der Waals surface area contributed by atoms with Crippen molar-refractivity contribution in [3.63, 3.8) is 0 Å². The summed E-state index contributed by atoms with van der Waals surface area (Å²) in [6.45, 7) is 8.09. The summed E-state index contributed by atoms with van der Waals surface area (Å²) in [5.41, 5.74) is 3.22. The van der Waals surface area contributed by atoms with E-state index in [1.54, 1.807) is 12.1 Å². The predicted molar refractivity (Wildman–Crippen MR) is 115 cm³/mol. The summed E-state index contributed by atoms with van der Waals surface area (Å²) in [4.78, 5) is 13.2. The van der Waals surface area contributed by atoms with Crippen LogP contribution in [0.25, 0.3) is 10.9 Å². The van der Waals surface area contributed by atoms with Crippen LogP contribution in [0.1, 0.15) is 48.4 Å². The van der Waals surface area contributed by atoms with Gasteiger partial charge in [0.1, 0.15) is 5.69 Å². The number of nitrogens with two attached hydrogens (primary N) is 1. The second-order valence-corrected chi connectivity index (χ2v) is 10.1. The van der Waals surface area contributed by atoms with Crippen molar-refractivity contribution in [2.45, 2.75) is 38.6 Å². The van der Waals surface area contributed by atoms with Crippen LogP contribution in [0.3, 0.4) is 0 Å². The highest BCUT2D eigenvalue weighted by molar-refractivity contribution is 7.89. The van der Waals surface area contributed by atoms with Gasteiger partial charge < -0.3 is 9.88 Å². The Bertz CT molecular complexity index is 1170. The molecular weight excluding hydrogens is 386 g/mol. The van der Waals surface area contributed by atoms with Gasteiger partial charge in [-0.1, -0.05) is 45.0 Å². The molecule has 1 aromatic heterocycles. The molecule has 0 spiro atoms. The van der Waals surface area contributed by atoms with Crippen molar-refractivity contribution in [3.05, 3.63) is 65.4 Å². The van der Waals surface area contributed by atoms with Crippen LogP contribution in [0, 0.1) is 12.3 Å². The largest absolute Gasteiger partial charge is 0.343 e. The lowest BCUT2D eigenvalue weighted by molar-refractivity contribution is 0.0893. The van der Waals surface area contributed by atoms with Gasteiger partial charge in [0.2, 0.25) is 10.0 Å². The lowest BCUT2D eigenvalue weighted by Gasteiger charge is -2.32. The Hall–Kier alpha value is -2.64. The summed E-state index contributed by atoms with van der Waals surface area (Å²) in [7, 11) is -1.88. The molecule has 0 fully saturated rings. The number of rotatable bonds is 4. The summed E-state index contributed by atoms with van der Waals surface area (Å²) in [5.74, 6) is -0.184. The molecule has 1 heterocycles. The number of aryl methyl sites for hydroxylation is 2. The van der Waals surface area contributed by atoms with E-state index >= 15 is 0 Å². The lowest BCUT2D eigenvalue weighted by atomic mass is 9.82. The SMILES string of the molecule is Cc1ccc2cc(C(=O)NC(c3ccc(S(N)(=O)=O)cc3)C(C)(C)C)n(C)c2c1. The highest BCUT2D eigenvalue weighted by atomic mass is 32.2. The van der Waals surface area contributed by atoms with Crippen LogP contribution in [-0.2, 0) is 17.1 Å². The Labute approximate surface area is 171 Å². The topological polar surface area (TPSA) is 94.2 Å². The maximum atomic E-state index is 13.1. The Morgan fingerprint density at radius 3 is 2.24 bits per heavy atom. The monoisotopic (exact) mass is 413 g/mol. The van der Waals surface area contributed by atoms with Crippen molar-refractivity contribution in [1.82, 2.24) is 9.88 Å². The molecule has 0 saturated carbocycles. The number of amides is 1. The van der Waals surface area contributed by atoms with Gasteiger partial charge in [0.05, 0.1) is 10.9 Å². The van der Waals surface area contributed by atoms with Gasteiger partial charge in [-0.2, -0.15) is 0 Å². The first-order valence-electron chi connectivity index (χ1n) is 9.37. The van der Waals surface area contributed by atoms with E-state index in [0.717, 1.165) is 22.0 Å². The quantitative estimate of drug-likeness (QED) is 0.683. The number of hydrogen-bond acceptors (Lipinski definition) is 3. The van der Waals surface area contributed by atoms with Crippen LogP contribution in [0.15, 0.2) is 53.4 Å². The minimum atomic E-state index is -3.76. The first-order valence-corrected chi connectivity index (χ1v) is 10.9. The zero-order valence-electron chi connectivity index (χ0n) is 17.4. The van der Waals surface area contributed by atoms with E-state index in [2.05, 4.69) is 11.4 Å². The minimum Gasteiger partial charge on any atom is -0.343 e. The van der Waals surface area contributed by atoms with E-state index < -0.39 is 10.0 Å². The van der Waals surface area contributed by atoms with Crippen molar-refractivity contribution < 1.29 is 13.2 Å². The minimum absolute atomic E-state index is 0.0456. The van der Waals surface area contributed by atoms with Crippen LogP contribution < -0.4 is 10.5 Å². The Morgan fingerprint density at radius 1 is 1.07 bits per heavy atom. The Morgan fingerprint density at radius 2 is 1.69 bits per heavy atom. The molecule has 0 aliphatic rings. The molecule has 3 N–H and O–H groups in total. The summed E-state index contributed by atoms with van der Waals surface area (Å²) < 4.78 is 24.9. The van der Waals surface area contributed by atoms with Crippen molar-refractivity contribution in [2.24, 2.45) is 17.6 Å². The fraction of sp³-hybridized carbons (Fsp3) is 0.318. The molecular formula is C22H27N3O3S. The zero-order chi connectivity index (χ0) is 21.6. The van der Waals surface area contributed by atoms with Crippen molar-refractivity contribution in [3.8, 4) is 0 Å². The number of carbonyl (C=O) groups excluding carboxylic acids is 1. The molecule has 0 saturated heterocycles. The fourth-order valence-electron chi connectivity index (χ4n) is 3.51. The van der Waals surface area contributed by atoms with Gasteiger partial charge in [-0.15, -0.1) is 0 Å². The van der Waals surface area contributed by atoms with Crippen LogP contribution >= 0.6 is 0 Å². The van der Waals surface area contributed by atoms with Crippen molar-refractivity contribution in [2.75, 3.05) is 0 Å². The summed E-state index contributed by atoms with van der Waals surface area (Å²) >= 11 is 0. The maximum Gasteiger partial charge on any atom is 0.268 e. The normalized spacial score (nSPS) is 13.4. The number of carbonyl (C=O) groups is 1. The van der Waals surface area contributed by atoms with Crippen LogP contribution in [0.5, 0.6) is 0 Å². The first-order chi connectivity index (χ1) is 13.4. The Kier molecular flexibility index (Phi) is 5.32. The molecule has 1 amide bonds. The molecule has 2 aromatic carbocycles. The Balaban J connectivity index is 1.96. The van der Waals surface area contributed by atoms with Crippen LogP contribution in [-0.4, -0.2) is 18.9 Å². The number of nitrogens with zero attached hydrogens (tertiary/aromatic N) is 1. The number of aromatic nitrogens is 1. The molecule has 0 aliphatic carbocycles. The second-order valence-electron chi connectivity index (χ2n) is 8.54. The van der Waals surface area contributed by atoms with E-state index in [1.165, 1.54) is 12.1 Å². The predicted octanol–water partition coefficient (Wildman–Crippen LogP) is 3.65. The maximum absolute atomic E-state index is 13.1. The molecule has 1 unspecified atom stereocenters. The number of fused-ring (bicyclic) bond motifs is 1. The second kappa shape index (κ2) is 7.31. The number of hydrogen-bond donors (Lipinski definition) is 2. The molecule has 6 nitrogen and oxygen atoms in total. The summed E-state index contributed by atoms with van der Waals surface area (Å²) in [5, 5.41) is 9.32. The number of sulfonamides is 1. The summed E-state index contributed by atoms with van der Waals surface area (Å²) in [6, 6.07) is 14.0. The molecule has 0 aliphatic heterocycles. The van der Waals surface area contributed by atoms with Gasteiger partial charge in [-0.3, -0.25) is 4.79 Å². The first kappa shape index (κ1) is 21.1. The third-order valence-corrected chi connectivity index (χ3v) is 6.05. The van der Waals surface area contributed by atoms with E-state index in [1.807, 2.05) is 57.5 Å². The van der Waals surface area contributed by atoms with Gasteiger partial charge in [-0.25, -0.2) is 13.6 Å². The smallest absolute Gasteiger partial charge is 0.268 e. The highest BCUT2D eigenvalue weighted by Crippen LogP contribution is 2.33. The number of benzene rings is 2. The van der Waals surface area contributed by atoms with Crippen molar-refractivity contribution in [1.29, 1.82) is 0 Å². The van der Waals surface area contributed by atoms with Crippen LogP contribution in [0.4, 0.5) is 0 Å². The number of nitrogens with one attached hydrogen (secondary N) is 1. The molecule has 0 bridgehead atoms. The molecule has 7 heteroatoms. The van der Waals surface area contributed by atoms with Gasteiger partial charge >= 0.3 is 0 Å². The third-order valence-electron chi connectivity index (χ3n) is 5.12. The van der Waals surface area contributed by atoms with Gasteiger partial charge in [0, 0.05) is 18.0 Å². The summed E-state index contributed by atoms with van der Waals surface area (Å²) in [6.07, 6.45) is 0. The molecule has 29 heavy (non-hydrogen) atoms. The molecule has 3 aromatic rings. The average Bonchev–Trinajstić information content (AvgIpc) is 2.94. The van der Waals surface area contributed by atoms with E-state index in [-0.39, 0.29) is 22.3 Å². The molecule has 3 rings (SSSR count). The fourth-order valence-corrected chi connectivity index (χ4v) is 4.03. The van der Waals surface area contributed by atoms with Crippen LogP contribution in [0.2, 0.25) is 0 Å². The lowest BCUT2D eigenvalue weighted by Crippen LogP contribution is -2.37. The zero-order valence-corrected chi connectivity index (χ0v) is 18.2. The third kappa shape index (κ3) is 4.36.